The number of nitrogens with one attached hydrogen (secondary N) is 1. The molecule has 2 fully saturated rings. The Labute approximate surface area is 75.9 Å². The molecule has 4 unspecified atom stereocenters. The topological polar surface area (TPSA) is 12.0 Å². The number of hydrogen-bond acceptors (Lipinski definition) is 1. The summed E-state index contributed by atoms with van der Waals surface area (Å²) in [5.41, 5.74) is 0. The summed E-state index contributed by atoms with van der Waals surface area (Å²) in [6.07, 6.45) is 7.58. The van der Waals surface area contributed by atoms with Crippen LogP contribution in [0.5, 0.6) is 0 Å². The first-order valence-electron chi connectivity index (χ1n) is 5.47. The highest BCUT2D eigenvalue weighted by Crippen LogP contribution is 2.49. The molecule has 4 atom stereocenters. The summed E-state index contributed by atoms with van der Waals surface area (Å²) in [6.45, 7) is 2.31. The third-order valence-electron chi connectivity index (χ3n) is 4.03. The minimum atomic E-state index is 0.731. The smallest absolute Gasteiger partial charge is 0.00384 e. The van der Waals surface area contributed by atoms with Gasteiger partial charge < -0.3 is 5.32 Å². The maximum atomic E-state index is 3.35. The molecule has 0 radical (unpaired) electrons. The van der Waals surface area contributed by atoms with Crippen molar-refractivity contribution >= 4 is 0 Å². The third kappa shape index (κ3) is 1.52. The molecule has 0 aliphatic heterocycles. The van der Waals surface area contributed by atoms with Gasteiger partial charge in [-0.2, -0.15) is 0 Å². The molecule has 0 saturated heterocycles. The second-order valence-corrected chi connectivity index (χ2v) is 4.86. The van der Waals surface area contributed by atoms with Crippen LogP contribution in [0.3, 0.4) is 0 Å². The van der Waals surface area contributed by atoms with Crippen LogP contribution in [0.4, 0.5) is 0 Å². The van der Waals surface area contributed by atoms with Crippen molar-refractivity contribution < 1.29 is 0 Å². The van der Waals surface area contributed by atoms with Gasteiger partial charge in [-0.1, -0.05) is 6.42 Å². The van der Waals surface area contributed by atoms with Crippen LogP contribution in [-0.4, -0.2) is 13.1 Å². The van der Waals surface area contributed by atoms with Gasteiger partial charge in [-0.15, -0.1) is 0 Å². The fourth-order valence-electron chi connectivity index (χ4n) is 3.24. The Bertz CT molecular complexity index is 155. The van der Waals surface area contributed by atoms with E-state index in [9.17, 15) is 0 Å². The first-order valence-corrected chi connectivity index (χ1v) is 5.47. The first kappa shape index (κ1) is 8.55. The van der Waals surface area contributed by atoms with Gasteiger partial charge in [0.2, 0.25) is 0 Å². The lowest BCUT2D eigenvalue weighted by Crippen LogP contribution is -2.26. The SMILES string of the molecule is CNC(C)CC1CC2CCC1C2. The van der Waals surface area contributed by atoms with E-state index in [1.165, 1.54) is 25.7 Å². The van der Waals surface area contributed by atoms with Crippen molar-refractivity contribution in [2.24, 2.45) is 17.8 Å². The van der Waals surface area contributed by atoms with Crippen molar-refractivity contribution in [3.8, 4) is 0 Å². The zero-order valence-corrected chi connectivity index (χ0v) is 8.34. The van der Waals surface area contributed by atoms with E-state index in [0.717, 1.165) is 23.8 Å². The van der Waals surface area contributed by atoms with E-state index in [4.69, 9.17) is 0 Å². The van der Waals surface area contributed by atoms with Crippen LogP contribution < -0.4 is 5.32 Å². The van der Waals surface area contributed by atoms with Crippen LogP contribution in [0.25, 0.3) is 0 Å². The highest BCUT2D eigenvalue weighted by molar-refractivity contribution is 4.90. The molecule has 0 aromatic rings. The predicted octanol–water partition coefficient (Wildman–Crippen LogP) is 2.42. The molecule has 0 amide bonds. The Hall–Kier alpha value is -0.0400. The summed E-state index contributed by atoms with van der Waals surface area (Å²) in [5.74, 6) is 3.28. The summed E-state index contributed by atoms with van der Waals surface area (Å²) >= 11 is 0. The van der Waals surface area contributed by atoms with Crippen LogP contribution in [-0.2, 0) is 0 Å². The van der Waals surface area contributed by atoms with Crippen molar-refractivity contribution in [2.45, 2.75) is 45.1 Å². The highest BCUT2D eigenvalue weighted by Gasteiger charge is 2.39. The summed E-state index contributed by atoms with van der Waals surface area (Å²) in [4.78, 5) is 0. The molecule has 0 spiro atoms. The first-order chi connectivity index (χ1) is 5.79. The fourth-order valence-corrected chi connectivity index (χ4v) is 3.24. The molecule has 2 saturated carbocycles. The van der Waals surface area contributed by atoms with E-state index in [-0.39, 0.29) is 0 Å². The lowest BCUT2D eigenvalue weighted by Gasteiger charge is -2.24. The predicted molar refractivity (Wildman–Crippen MR) is 52.1 cm³/mol. The molecule has 1 N–H and O–H groups in total. The summed E-state index contributed by atoms with van der Waals surface area (Å²) < 4.78 is 0. The second kappa shape index (κ2) is 3.37. The molecule has 2 bridgehead atoms. The summed E-state index contributed by atoms with van der Waals surface area (Å²) in [5, 5.41) is 3.35. The lowest BCUT2D eigenvalue weighted by molar-refractivity contribution is 0.289. The van der Waals surface area contributed by atoms with Crippen LogP contribution in [0, 0.1) is 17.8 Å². The lowest BCUT2D eigenvalue weighted by atomic mass is 9.84. The molecule has 0 aromatic heterocycles. The average Bonchev–Trinajstić information content (AvgIpc) is 2.64. The second-order valence-electron chi connectivity index (χ2n) is 4.86. The molecule has 2 aliphatic rings. The number of rotatable bonds is 3. The Balaban J connectivity index is 1.82. The minimum Gasteiger partial charge on any atom is -0.317 e. The summed E-state index contributed by atoms with van der Waals surface area (Å²) in [6, 6.07) is 0.731. The Morgan fingerprint density at radius 3 is 2.67 bits per heavy atom. The molecule has 2 aliphatic carbocycles. The van der Waals surface area contributed by atoms with E-state index in [0.29, 0.717) is 0 Å². The van der Waals surface area contributed by atoms with Crippen molar-refractivity contribution in [2.75, 3.05) is 7.05 Å². The molecular formula is C11H21N. The van der Waals surface area contributed by atoms with E-state index in [2.05, 4.69) is 19.3 Å². The van der Waals surface area contributed by atoms with Gasteiger partial charge >= 0.3 is 0 Å². The Morgan fingerprint density at radius 1 is 1.33 bits per heavy atom. The average molecular weight is 167 g/mol. The molecular weight excluding hydrogens is 146 g/mol. The van der Waals surface area contributed by atoms with Crippen molar-refractivity contribution in [1.82, 2.24) is 5.32 Å². The third-order valence-corrected chi connectivity index (χ3v) is 4.03. The fraction of sp³-hybridized carbons (Fsp3) is 1.00. The Kier molecular flexibility index (Phi) is 2.40. The summed E-state index contributed by atoms with van der Waals surface area (Å²) in [7, 11) is 2.08. The number of hydrogen-bond donors (Lipinski definition) is 1. The zero-order valence-electron chi connectivity index (χ0n) is 8.34. The van der Waals surface area contributed by atoms with Gasteiger partial charge in [-0.3, -0.25) is 0 Å². The zero-order chi connectivity index (χ0) is 8.55. The molecule has 0 heterocycles. The van der Waals surface area contributed by atoms with Gasteiger partial charge in [0.1, 0.15) is 0 Å². The van der Waals surface area contributed by atoms with Crippen LogP contribution in [0.1, 0.15) is 39.0 Å². The monoisotopic (exact) mass is 167 g/mol. The Morgan fingerprint density at radius 2 is 2.17 bits per heavy atom. The normalized spacial score (nSPS) is 42.0. The van der Waals surface area contributed by atoms with Crippen LogP contribution in [0.15, 0.2) is 0 Å². The van der Waals surface area contributed by atoms with Crippen molar-refractivity contribution in [3.63, 3.8) is 0 Å². The molecule has 70 valence electrons. The van der Waals surface area contributed by atoms with E-state index in [1.54, 1.807) is 6.42 Å². The molecule has 0 aromatic carbocycles. The van der Waals surface area contributed by atoms with Gasteiger partial charge in [0.25, 0.3) is 0 Å². The minimum absolute atomic E-state index is 0.731. The van der Waals surface area contributed by atoms with Crippen molar-refractivity contribution in [1.29, 1.82) is 0 Å². The molecule has 2 rings (SSSR count). The van der Waals surface area contributed by atoms with Gasteiger partial charge in [-0.05, 0) is 57.4 Å². The maximum absolute atomic E-state index is 3.35. The molecule has 12 heavy (non-hydrogen) atoms. The quantitative estimate of drug-likeness (QED) is 0.680. The van der Waals surface area contributed by atoms with E-state index >= 15 is 0 Å². The van der Waals surface area contributed by atoms with Gasteiger partial charge in [-0.25, -0.2) is 0 Å². The van der Waals surface area contributed by atoms with E-state index in [1.807, 2.05) is 0 Å². The largest absolute Gasteiger partial charge is 0.317 e. The maximum Gasteiger partial charge on any atom is 0.00384 e. The standard InChI is InChI=1S/C11H21N/c1-8(12-2)5-11-7-9-3-4-10(11)6-9/h8-12H,3-7H2,1-2H3. The van der Waals surface area contributed by atoms with Gasteiger partial charge in [0.15, 0.2) is 0 Å². The number of fused-ring (bicyclic) bond motifs is 2. The molecule has 1 nitrogen and oxygen atoms in total. The van der Waals surface area contributed by atoms with E-state index < -0.39 is 0 Å². The van der Waals surface area contributed by atoms with Crippen molar-refractivity contribution in [3.05, 3.63) is 0 Å². The van der Waals surface area contributed by atoms with Gasteiger partial charge in [0, 0.05) is 6.04 Å². The van der Waals surface area contributed by atoms with Gasteiger partial charge in [0.05, 0.1) is 0 Å². The van der Waals surface area contributed by atoms with Crippen LogP contribution in [0.2, 0.25) is 0 Å². The van der Waals surface area contributed by atoms with Crippen LogP contribution >= 0.6 is 0 Å². The highest BCUT2D eigenvalue weighted by atomic mass is 14.9. The molecule has 1 heteroatoms.